The molecule has 0 unspecified atom stereocenters. The molecule has 1 fully saturated rings. The van der Waals surface area contributed by atoms with Crippen molar-refractivity contribution in [1.29, 1.82) is 0 Å². The molecule has 4 aromatic rings. The molecule has 0 aliphatic carbocycles. The zero-order valence-electron chi connectivity index (χ0n) is 27.8. The van der Waals surface area contributed by atoms with E-state index in [2.05, 4.69) is 15.5 Å². The molecule has 3 N–H and O–H groups in total. The first kappa shape index (κ1) is 34.7. The average Bonchev–Trinajstić information content (AvgIpc) is 3.33. The minimum absolute atomic E-state index is 0.0877. The molecule has 0 bridgehead atoms. The van der Waals surface area contributed by atoms with Crippen molar-refractivity contribution >= 4 is 57.4 Å². The molecule has 2 amide bonds. The maximum atomic E-state index is 13.8. The molecular weight excluding hydrogens is 637 g/mol. The van der Waals surface area contributed by atoms with Gasteiger partial charge in [0.15, 0.2) is 0 Å². The van der Waals surface area contributed by atoms with E-state index in [1.165, 1.54) is 0 Å². The SMILES string of the molecule is Cc1ccc(NC(=O)c2cc3nc(Cc4c(Cl)ccc(CNC(=O)C(C)(C)C)c4Cl)n(CC(C)(C)O)c3cc2N2CCOCC2)cc1. The zero-order valence-corrected chi connectivity index (χ0v) is 29.3. The van der Waals surface area contributed by atoms with Gasteiger partial charge in [-0.1, -0.05) is 67.7 Å². The monoisotopic (exact) mass is 679 g/mol. The van der Waals surface area contributed by atoms with Crippen LogP contribution in [0, 0.1) is 12.3 Å². The van der Waals surface area contributed by atoms with Gasteiger partial charge in [-0.2, -0.15) is 0 Å². The van der Waals surface area contributed by atoms with E-state index in [1.54, 1.807) is 19.9 Å². The number of imidazole rings is 1. The number of carbonyl (C=O) groups excluding carboxylic acids is 2. The van der Waals surface area contributed by atoms with Crippen molar-refractivity contribution in [2.75, 3.05) is 36.5 Å². The summed E-state index contributed by atoms with van der Waals surface area (Å²) in [5.41, 5.74) is 4.22. The van der Waals surface area contributed by atoms with Crippen LogP contribution < -0.4 is 15.5 Å². The van der Waals surface area contributed by atoms with Gasteiger partial charge in [0.2, 0.25) is 5.91 Å². The standard InChI is InChI=1S/C36H43Cl2N5O4/c1-22-7-10-24(11-8-22)40-33(44)26-17-28-30(19-29(26)42-13-15-47-16-14-42)43(21-36(5,6)46)31(41-28)18-25-27(37)12-9-23(32(25)38)20-39-34(45)35(2,3)4/h7-12,17,19,46H,13-16,18,20-21H2,1-6H3,(H,39,45)(H,40,44). The van der Waals surface area contributed by atoms with Crippen molar-refractivity contribution < 1.29 is 19.4 Å². The second-order valence-electron chi connectivity index (χ2n) is 13.8. The van der Waals surface area contributed by atoms with Gasteiger partial charge < -0.3 is 29.9 Å². The number of benzene rings is 3. The number of rotatable bonds is 9. The van der Waals surface area contributed by atoms with E-state index < -0.39 is 11.0 Å². The summed E-state index contributed by atoms with van der Waals surface area (Å²) in [4.78, 5) is 33.5. The van der Waals surface area contributed by atoms with Gasteiger partial charge in [-0.05, 0) is 62.2 Å². The number of hydrogen-bond donors (Lipinski definition) is 3. The molecule has 0 radical (unpaired) electrons. The van der Waals surface area contributed by atoms with Crippen molar-refractivity contribution in [3.8, 4) is 0 Å². The summed E-state index contributed by atoms with van der Waals surface area (Å²) in [6, 6.07) is 15.0. The van der Waals surface area contributed by atoms with Crippen LogP contribution in [0.5, 0.6) is 0 Å². The third-order valence-corrected chi connectivity index (χ3v) is 8.94. The van der Waals surface area contributed by atoms with E-state index in [1.807, 2.05) is 74.7 Å². The van der Waals surface area contributed by atoms with Gasteiger partial charge >= 0.3 is 0 Å². The topological polar surface area (TPSA) is 109 Å². The van der Waals surface area contributed by atoms with Crippen LogP contribution in [-0.2, 0) is 29.0 Å². The van der Waals surface area contributed by atoms with Crippen LogP contribution in [0.15, 0.2) is 48.5 Å². The molecule has 47 heavy (non-hydrogen) atoms. The molecule has 3 aromatic carbocycles. The summed E-state index contributed by atoms with van der Waals surface area (Å²) < 4.78 is 7.59. The Morgan fingerprint density at radius 3 is 2.32 bits per heavy atom. The third kappa shape index (κ3) is 8.27. The minimum atomic E-state index is -1.07. The molecule has 5 rings (SSSR count). The summed E-state index contributed by atoms with van der Waals surface area (Å²) in [5.74, 6) is 0.299. The number of aryl methyl sites for hydroxylation is 1. The smallest absolute Gasteiger partial charge is 0.257 e. The maximum Gasteiger partial charge on any atom is 0.257 e. The number of anilines is 2. The third-order valence-electron chi connectivity index (χ3n) is 8.12. The minimum Gasteiger partial charge on any atom is -0.389 e. The summed E-state index contributed by atoms with van der Waals surface area (Å²) >= 11 is 13.7. The number of aliphatic hydroxyl groups is 1. The molecule has 11 heteroatoms. The Morgan fingerprint density at radius 2 is 1.68 bits per heavy atom. The molecule has 1 aromatic heterocycles. The Bertz CT molecular complexity index is 1780. The quantitative estimate of drug-likeness (QED) is 0.180. The maximum absolute atomic E-state index is 13.8. The molecule has 250 valence electrons. The first-order valence-corrected chi connectivity index (χ1v) is 16.6. The van der Waals surface area contributed by atoms with Crippen LogP contribution in [0.3, 0.4) is 0 Å². The summed E-state index contributed by atoms with van der Waals surface area (Å²) in [6.45, 7) is 13.9. The molecule has 1 aliphatic heterocycles. The molecule has 1 saturated heterocycles. The van der Waals surface area contributed by atoms with Crippen LogP contribution in [0.4, 0.5) is 11.4 Å². The Hall–Kier alpha value is -3.63. The fourth-order valence-corrected chi connectivity index (χ4v) is 6.11. The van der Waals surface area contributed by atoms with E-state index in [0.717, 1.165) is 22.3 Å². The van der Waals surface area contributed by atoms with Gasteiger partial charge in [0, 0.05) is 42.2 Å². The van der Waals surface area contributed by atoms with Crippen LogP contribution in [0.1, 0.15) is 67.5 Å². The van der Waals surface area contributed by atoms with E-state index in [0.29, 0.717) is 64.5 Å². The Kier molecular flexibility index (Phi) is 10.2. The van der Waals surface area contributed by atoms with Gasteiger partial charge in [0.05, 0.1) is 52.7 Å². The van der Waals surface area contributed by atoms with E-state index >= 15 is 0 Å². The van der Waals surface area contributed by atoms with Gasteiger partial charge in [0.1, 0.15) is 5.82 Å². The number of ether oxygens (including phenoxy) is 1. The Labute approximate surface area is 286 Å². The van der Waals surface area contributed by atoms with Gasteiger partial charge in [-0.15, -0.1) is 0 Å². The lowest BCUT2D eigenvalue weighted by Crippen LogP contribution is -2.37. The van der Waals surface area contributed by atoms with Gasteiger partial charge in [0.25, 0.3) is 5.91 Å². The molecule has 0 saturated carbocycles. The highest BCUT2D eigenvalue weighted by molar-refractivity contribution is 6.36. The van der Waals surface area contributed by atoms with E-state index in [-0.39, 0.29) is 31.3 Å². The number of halogens is 2. The highest BCUT2D eigenvalue weighted by Crippen LogP contribution is 2.34. The van der Waals surface area contributed by atoms with E-state index in [4.69, 9.17) is 32.9 Å². The molecule has 0 atom stereocenters. The lowest BCUT2D eigenvalue weighted by atomic mass is 9.95. The molecular formula is C36H43Cl2N5O4. The summed E-state index contributed by atoms with van der Waals surface area (Å²) in [7, 11) is 0. The van der Waals surface area contributed by atoms with Crippen molar-refractivity contribution in [3.05, 3.63) is 86.7 Å². The normalized spacial score (nSPS) is 14.0. The number of nitrogens with one attached hydrogen (secondary N) is 2. The van der Waals surface area contributed by atoms with Crippen LogP contribution in [0.2, 0.25) is 10.0 Å². The largest absolute Gasteiger partial charge is 0.389 e. The predicted molar refractivity (Wildman–Crippen MR) is 189 cm³/mol. The highest BCUT2D eigenvalue weighted by atomic mass is 35.5. The second-order valence-corrected chi connectivity index (χ2v) is 14.6. The number of morpholine rings is 1. The first-order valence-electron chi connectivity index (χ1n) is 15.8. The number of carbonyl (C=O) groups is 2. The number of aromatic nitrogens is 2. The van der Waals surface area contributed by atoms with Crippen LogP contribution >= 0.6 is 23.2 Å². The van der Waals surface area contributed by atoms with Crippen molar-refractivity contribution in [2.45, 2.75) is 66.7 Å². The Balaban J connectivity index is 1.59. The zero-order chi connectivity index (χ0) is 34.1. The number of amides is 2. The first-order chi connectivity index (χ1) is 22.1. The lowest BCUT2D eigenvalue weighted by molar-refractivity contribution is -0.128. The second kappa shape index (κ2) is 13.8. The fraction of sp³-hybridized carbons (Fsp3) is 0.417. The number of nitrogens with zero attached hydrogens (tertiary/aromatic N) is 3. The average molecular weight is 681 g/mol. The van der Waals surface area contributed by atoms with Crippen molar-refractivity contribution in [2.24, 2.45) is 5.41 Å². The lowest BCUT2D eigenvalue weighted by Gasteiger charge is -2.30. The highest BCUT2D eigenvalue weighted by Gasteiger charge is 2.27. The molecule has 9 nitrogen and oxygen atoms in total. The fourth-order valence-electron chi connectivity index (χ4n) is 5.53. The molecule has 2 heterocycles. The van der Waals surface area contributed by atoms with Crippen molar-refractivity contribution in [3.63, 3.8) is 0 Å². The number of fused-ring (bicyclic) bond motifs is 1. The van der Waals surface area contributed by atoms with Gasteiger partial charge in [-0.25, -0.2) is 4.98 Å². The van der Waals surface area contributed by atoms with Crippen molar-refractivity contribution in [1.82, 2.24) is 14.9 Å². The van der Waals surface area contributed by atoms with Crippen LogP contribution in [0.25, 0.3) is 11.0 Å². The molecule has 0 spiro atoms. The summed E-state index contributed by atoms with van der Waals surface area (Å²) in [5, 5.41) is 17.9. The number of hydrogen-bond acceptors (Lipinski definition) is 6. The van der Waals surface area contributed by atoms with E-state index in [9.17, 15) is 14.7 Å². The molecule has 1 aliphatic rings. The summed E-state index contributed by atoms with van der Waals surface area (Å²) in [6.07, 6.45) is 0.265. The van der Waals surface area contributed by atoms with Gasteiger partial charge in [-0.3, -0.25) is 9.59 Å². The van der Waals surface area contributed by atoms with Crippen LogP contribution in [-0.4, -0.2) is 58.4 Å². The Morgan fingerprint density at radius 1 is 1.00 bits per heavy atom. The predicted octanol–water partition coefficient (Wildman–Crippen LogP) is 6.76.